The number of benzene rings is 1. The Hall–Kier alpha value is -1.32. The van der Waals surface area contributed by atoms with Crippen LogP contribution in [0.5, 0.6) is 0 Å². The lowest BCUT2D eigenvalue weighted by molar-refractivity contribution is 0.614. The van der Waals surface area contributed by atoms with E-state index in [4.69, 9.17) is 23.2 Å². The predicted octanol–water partition coefficient (Wildman–Crippen LogP) is 4.52. The summed E-state index contributed by atoms with van der Waals surface area (Å²) >= 11 is 12.2. The summed E-state index contributed by atoms with van der Waals surface area (Å²) in [7, 11) is 0. The average Bonchev–Trinajstić information content (AvgIpc) is 2.44. The van der Waals surface area contributed by atoms with Gasteiger partial charge in [0.1, 0.15) is 5.82 Å². The molecule has 0 N–H and O–H groups in total. The summed E-state index contributed by atoms with van der Waals surface area (Å²) < 4.78 is 0. The molecule has 1 aromatic carbocycles. The second-order valence-corrected chi connectivity index (χ2v) is 6.26. The van der Waals surface area contributed by atoms with Crippen LogP contribution in [0.15, 0.2) is 18.2 Å². The van der Waals surface area contributed by atoms with E-state index in [1.807, 2.05) is 19.9 Å². The molecule has 3 nitrogen and oxygen atoms in total. The fraction of sp³-hybridized carbons (Fsp3) is 0.375. The van der Waals surface area contributed by atoms with Gasteiger partial charge in [0, 0.05) is 22.8 Å². The fourth-order valence-corrected chi connectivity index (χ4v) is 3.32. The van der Waals surface area contributed by atoms with Crippen LogP contribution in [0.4, 0.5) is 5.82 Å². The van der Waals surface area contributed by atoms with Crippen LogP contribution in [-0.2, 0) is 6.42 Å². The molecule has 0 radical (unpaired) electrons. The minimum atomic E-state index is 0.219. The van der Waals surface area contributed by atoms with E-state index in [0.29, 0.717) is 5.28 Å². The van der Waals surface area contributed by atoms with Crippen molar-refractivity contribution in [2.24, 2.45) is 0 Å². The molecule has 3 rings (SSSR count). The van der Waals surface area contributed by atoms with E-state index in [0.717, 1.165) is 35.1 Å². The number of anilines is 1. The molecule has 0 spiro atoms. The Morgan fingerprint density at radius 2 is 1.95 bits per heavy atom. The van der Waals surface area contributed by atoms with Crippen LogP contribution in [0, 0.1) is 13.8 Å². The number of hydrogen-bond acceptors (Lipinski definition) is 3. The molecule has 0 saturated heterocycles. The number of nitrogens with zero attached hydrogens (tertiary/aromatic N) is 3. The zero-order chi connectivity index (χ0) is 15.1. The highest BCUT2D eigenvalue weighted by Crippen LogP contribution is 2.36. The molecule has 1 unspecified atom stereocenters. The highest BCUT2D eigenvalue weighted by Gasteiger charge is 2.27. The van der Waals surface area contributed by atoms with Crippen molar-refractivity contribution in [3.63, 3.8) is 0 Å². The number of rotatable bonds is 1. The van der Waals surface area contributed by atoms with Gasteiger partial charge in [0.25, 0.3) is 0 Å². The molecule has 1 atom stereocenters. The van der Waals surface area contributed by atoms with Crippen LogP contribution in [0.1, 0.15) is 35.3 Å². The van der Waals surface area contributed by atoms with Gasteiger partial charge in [-0.1, -0.05) is 17.7 Å². The molecule has 0 bridgehead atoms. The topological polar surface area (TPSA) is 29.0 Å². The third-order valence-electron chi connectivity index (χ3n) is 4.26. The molecule has 1 aliphatic heterocycles. The van der Waals surface area contributed by atoms with E-state index in [-0.39, 0.29) is 6.04 Å². The van der Waals surface area contributed by atoms with Gasteiger partial charge in [-0.25, -0.2) is 9.97 Å². The Balaban J connectivity index is 2.06. The smallest absolute Gasteiger partial charge is 0.224 e. The average molecular weight is 322 g/mol. The van der Waals surface area contributed by atoms with E-state index in [1.54, 1.807) is 0 Å². The van der Waals surface area contributed by atoms with Gasteiger partial charge < -0.3 is 4.90 Å². The molecular formula is C16H17Cl2N3. The third-order valence-corrected chi connectivity index (χ3v) is 4.66. The van der Waals surface area contributed by atoms with Gasteiger partial charge in [0.15, 0.2) is 0 Å². The maximum atomic E-state index is 6.15. The van der Waals surface area contributed by atoms with Crippen molar-refractivity contribution in [1.82, 2.24) is 9.97 Å². The molecule has 0 aliphatic carbocycles. The zero-order valence-corrected chi connectivity index (χ0v) is 13.8. The van der Waals surface area contributed by atoms with Crippen LogP contribution in [0.2, 0.25) is 10.3 Å². The summed E-state index contributed by atoms with van der Waals surface area (Å²) in [4.78, 5) is 11.0. The van der Waals surface area contributed by atoms with Crippen LogP contribution in [-0.4, -0.2) is 16.5 Å². The van der Waals surface area contributed by atoms with Crippen molar-refractivity contribution >= 4 is 29.0 Å². The maximum absolute atomic E-state index is 6.15. The second-order valence-electron chi connectivity index (χ2n) is 5.49. The van der Waals surface area contributed by atoms with Crippen molar-refractivity contribution in [2.75, 3.05) is 11.4 Å². The zero-order valence-electron chi connectivity index (χ0n) is 12.3. The minimum Gasteiger partial charge on any atom is -0.349 e. The maximum Gasteiger partial charge on any atom is 0.224 e. The predicted molar refractivity (Wildman–Crippen MR) is 87.4 cm³/mol. The summed E-state index contributed by atoms with van der Waals surface area (Å²) in [6.45, 7) is 7.11. The number of halogens is 2. The minimum absolute atomic E-state index is 0.219. The third kappa shape index (κ3) is 2.60. The molecule has 2 aromatic rings. The van der Waals surface area contributed by atoms with Crippen LogP contribution >= 0.6 is 23.2 Å². The van der Waals surface area contributed by atoms with Crippen LogP contribution < -0.4 is 4.90 Å². The molecule has 2 heterocycles. The second kappa shape index (κ2) is 5.47. The lowest BCUT2D eigenvalue weighted by atomic mass is 9.93. The number of fused-ring (bicyclic) bond motifs is 1. The molecule has 0 fully saturated rings. The van der Waals surface area contributed by atoms with Crippen molar-refractivity contribution < 1.29 is 0 Å². The van der Waals surface area contributed by atoms with Crippen molar-refractivity contribution in [2.45, 2.75) is 33.2 Å². The summed E-state index contributed by atoms with van der Waals surface area (Å²) in [5.41, 5.74) is 4.63. The van der Waals surface area contributed by atoms with Crippen molar-refractivity contribution in [3.8, 4) is 0 Å². The molecule has 1 aliphatic rings. The number of aryl methyl sites for hydroxylation is 1. The first-order valence-corrected chi connectivity index (χ1v) is 7.78. The first-order chi connectivity index (χ1) is 9.97. The lowest BCUT2D eigenvalue weighted by Gasteiger charge is -2.37. The van der Waals surface area contributed by atoms with E-state index in [2.05, 4.69) is 33.9 Å². The Labute approximate surface area is 134 Å². The Bertz CT molecular complexity index is 700. The Morgan fingerprint density at radius 1 is 1.19 bits per heavy atom. The molecule has 0 saturated carbocycles. The number of hydrogen-bond donors (Lipinski definition) is 0. The lowest BCUT2D eigenvalue weighted by Crippen LogP contribution is -2.35. The standard InChI is InChI=1S/C16H17Cl2N3/c1-9-10(2)19-16(18)20-15(9)21-7-6-12-4-5-13(17)8-14(12)11(21)3/h4-5,8,11H,6-7H2,1-3H3. The highest BCUT2D eigenvalue weighted by molar-refractivity contribution is 6.30. The summed E-state index contributed by atoms with van der Waals surface area (Å²) in [6, 6.07) is 6.35. The van der Waals surface area contributed by atoms with Gasteiger partial charge >= 0.3 is 0 Å². The van der Waals surface area contributed by atoms with Crippen LogP contribution in [0.3, 0.4) is 0 Å². The fourth-order valence-electron chi connectivity index (χ4n) is 2.93. The SMILES string of the molecule is Cc1nc(Cl)nc(N2CCc3ccc(Cl)cc3C2C)c1C. The van der Waals surface area contributed by atoms with Crippen LogP contribution in [0.25, 0.3) is 0 Å². The van der Waals surface area contributed by atoms with Gasteiger partial charge in [-0.05, 0) is 62.1 Å². The Morgan fingerprint density at radius 3 is 2.71 bits per heavy atom. The van der Waals surface area contributed by atoms with E-state index in [1.165, 1.54) is 11.1 Å². The summed E-state index contributed by atoms with van der Waals surface area (Å²) in [6.07, 6.45) is 0.983. The first-order valence-electron chi connectivity index (χ1n) is 7.03. The molecule has 21 heavy (non-hydrogen) atoms. The van der Waals surface area contributed by atoms with Gasteiger partial charge in [-0.2, -0.15) is 0 Å². The molecule has 1 aromatic heterocycles. The first kappa shape index (κ1) is 14.6. The highest BCUT2D eigenvalue weighted by atomic mass is 35.5. The molecule has 0 amide bonds. The van der Waals surface area contributed by atoms with E-state index >= 15 is 0 Å². The van der Waals surface area contributed by atoms with E-state index < -0.39 is 0 Å². The quantitative estimate of drug-likeness (QED) is 0.723. The van der Waals surface area contributed by atoms with Gasteiger partial charge in [0.05, 0.1) is 6.04 Å². The summed E-state index contributed by atoms with van der Waals surface area (Å²) in [5.74, 6) is 0.922. The monoisotopic (exact) mass is 321 g/mol. The van der Waals surface area contributed by atoms with Crippen molar-refractivity contribution in [1.29, 1.82) is 0 Å². The molecule has 5 heteroatoms. The van der Waals surface area contributed by atoms with E-state index in [9.17, 15) is 0 Å². The van der Waals surface area contributed by atoms with Crippen molar-refractivity contribution in [3.05, 3.63) is 50.9 Å². The summed E-state index contributed by atoms with van der Waals surface area (Å²) in [5, 5.41) is 1.08. The largest absolute Gasteiger partial charge is 0.349 e. The van der Waals surface area contributed by atoms with Gasteiger partial charge in [0.2, 0.25) is 5.28 Å². The molecular weight excluding hydrogens is 305 g/mol. The van der Waals surface area contributed by atoms with Gasteiger partial charge in [-0.3, -0.25) is 0 Å². The molecule has 110 valence electrons. The number of aromatic nitrogens is 2. The van der Waals surface area contributed by atoms with Gasteiger partial charge in [-0.15, -0.1) is 0 Å². The normalized spacial score (nSPS) is 17.8. The Kier molecular flexibility index (Phi) is 3.80.